The van der Waals surface area contributed by atoms with Gasteiger partial charge in [0, 0.05) is 18.6 Å². The quantitative estimate of drug-likeness (QED) is 0.818. The molecular weight excluding hydrogens is 300 g/mol. The summed E-state index contributed by atoms with van der Waals surface area (Å²) in [6, 6.07) is 9.77. The van der Waals surface area contributed by atoms with E-state index in [2.05, 4.69) is 10.1 Å². The second kappa shape index (κ2) is 5.81. The lowest BCUT2D eigenvalue weighted by Gasteiger charge is -2.20. The van der Waals surface area contributed by atoms with Crippen molar-refractivity contribution in [3.05, 3.63) is 42.2 Å². The lowest BCUT2D eigenvalue weighted by molar-refractivity contribution is 0.393. The second-order valence-corrected chi connectivity index (χ2v) is 7.65. The van der Waals surface area contributed by atoms with Gasteiger partial charge in [0.1, 0.15) is 6.33 Å². The molecule has 0 saturated heterocycles. The third-order valence-corrected chi connectivity index (χ3v) is 5.38. The fourth-order valence-electron chi connectivity index (χ4n) is 2.27. The van der Waals surface area contributed by atoms with E-state index in [0.717, 1.165) is 18.4 Å². The van der Waals surface area contributed by atoms with E-state index >= 15 is 0 Å². The summed E-state index contributed by atoms with van der Waals surface area (Å²) >= 11 is 0. The molecule has 1 heterocycles. The van der Waals surface area contributed by atoms with E-state index in [4.69, 9.17) is 0 Å². The Morgan fingerprint density at radius 1 is 1.27 bits per heavy atom. The summed E-state index contributed by atoms with van der Waals surface area (Å²) in [6.07, 6.45) is 3.28. The van der Waals surface area contributed by atoms with E-state index in [0.29, 0.717) is 6.54 Å². The Morgan fingerprint density at radius 2 is 1.95 bits per heavy atom. The van der Waals surface area contributed by atoms with Crippen molar-refractivity contribution in [2.75, 3.05) is 0 Å². The van der Waals surface area contributed by atoms with Gasteiger partial charge in [0.2, 0.25) is 0 Å². The summed E-state index contributed by atoms with van der Waals surface area (Å²) in [4.78, 5) is 4.00. The maximum absolute atomic E-state index is 12.8. The van der Waals surface area contributed by atoms with Gasteiger partial charge in [-0.1, -0.05) is 30.3 Å². The molecule has 1 aliphatic rings. The summed E-state index contributed by atoms with van der Waals surface area (Å²) in [5.74, 6) is 0. The average molecular weight is 320 g/mol. The van der Waals surface area contributed by atoms with Gasteiger partial charge in [-0.2, -0.15) is 4.31 Å². The Hall–Kier alpha value is -1.73. The first kappa shape index (κ1) is 15.2. The van der Waals surface area contributed by atoms with Gasteiger partial charge in [0.25, 0.3) is 15.2 Å². The Bertz CT molecular complexity index is 736. The summed E-state index contributed by atoms with van der Waals surface area (Å²) in [6.45, 7) is 4.24. The van der Waals surface area contributed by atoms with Crippen LogP contribution in [0.25, 0.3) is 0 Å². The monoisotopic (exact) mass is 320 g/mol. The van der Waals surface area contributed by atoms with Crippen LogP contribution >= 0.6 is 0 Å². The van der Waals surface area contributed by atoms with Crippen molar-refractivity contribution in [2.24, 2.45) is 0 Å². The lowest BCUT2D eigenvalue weighted by Crippen LogP contribution is -2.33. The molecule has 118 valence electrons. The zero-order valence-electron chi connectivity index (χ0n) is 12.8. The van der Waals surface area contributed by atoms with Crippen LogP contribution in [0.2, 0.25) is 0 Å². The fraction of sp³-hybridized carbons (Fsp3) is 0.467. The van der Waals surface area contributed by atoms with Crippen LogP contribution in [0.1, 0.15) is 38.3 Å². The normalized spacial score (nSPS) is 15.6. The summed E-state index contributed by atoms with van der Waals surface area (Å²) in [5.41, 5.74) is 0.973. The predicted molar refractivity (Wildman–Crippen MR) is 82.6 cm³/mol. The van der Waals surface area contributed by atoms with Crippen LogP contribution in [-0.4, -0.2) is 33.5 Å². The molecule has 1 aliphatic carbocycles. The molecular formula is C15H20N4O2S. The summed E-state index contributed by atoms with van der Waals surface area (Å²) in [5, 5.41) is 4.02. The second-order valence-electron chi connectivity index (χ2n) is 5.87. The number of hydrogen-bond donors (Lipinski definition) is 0. The number of sulfonamides is 1. The Morgan fingerprint density at radius 3 is 2.50 bits per heavy atom. The highest BCUT2D eigenvalue weighted by Gasteiger charge is 2.40. The molecule has 1 aromatic heterocycles. The van der Waals surface area contributed by atoms with Crippen LogP contribution < -0.4 is 0 Å². The number of benzene rings is 1. The van der Waals surface area contributed by atoms with E-state index in [1.807, 2.05) is 44.2 Å². The predicted octanol–water partition coefficient (Wildman–Crippen LogP) is 2.21. The Balaban J connectivity index is 1.89. The molecule has 1 saturated carbocycles. The van der Waals surface area contributed by atoms with Crippen LogP contribution in [0.4, 0.5) is 0 Å². The zero-order chi connectivity index (χ0) is 15.7. The number of aromatic nitrogens is 3. The molecule has 3 rings (SSSR count). The van der Waals surface area contributed by atoms with Crippen molar-refractivity contribution in [1.29, 1.82) is 0 Å². The van der Waals surface area contributed by atoms with Gasteiger partial charge in [-0.3, -0.25) is 0 Å². The molecule has 6 nitrogen and oxygen atoms in total. The van der Waals surface area contributed by atoms with E-state index in [1.54, 1.807) is 4.68 Å². The summed E-state index contributed by atoms with van der Waals surface area (Å²) < 4.78 is 28.8. The molecule has 0 atom stereocenters. The van der Waals surface area contributed by atoms with Crippen LogP contribution in [0.3, 0.4) is 0 Å². The van der Waals surface area contributed by atoms with Crippen LogP contribution in [0.15, 0.2) is 41.8 Å². The molecule has 2 aromatic rings. The van der Waals surface area contributed by atoms with Gasteiger partial charge >= 0.3 is 0 Å². The molecule has 0 bridgehead atoms. The van der Waals surface area contributed by atoms with Gasteiger partial charge in [-0.15, -0.1) is 5.10 Å². The lowest BCUT2D eigenvalue weighted by atomic mass is 10.2. The van der Waals surface area contributed by atoms with Crippen molar-refractivity contribution in [2.45, 2.75) is 50.5 Å². The van der Waals surface area contributed by atoms with Crippen molar-refractivity contribution >= 4 is 10.0 Å². The first-order valence-corrected chi connectivity index (χ1v) is 8.89. The average Bonchev–Trinajstić information content (AvgIpc) is 3.19. The van der Waals surface area contributed by atoms with Crippen molar-refractivity contribution in [3.8, 4) is 0 Å². The number of rotatable bonds is 6. The molecule has 0 N–H and O–H groups in total. The first-order valence-electron chi connectivity index (χ1n) is 7.45. The molecule has 0 amide bonds. The van der Waals surface area contributed by atoms with Gasteiger partial charge in [0.15, 0.2) is 0 Å². The molecule has 0 aliphatic heterocycles. The number of hydrogen-bond acceptors (Lipinski definition) is 4. The topological polar surface area (TPSA) is 68.1 Å². The van der Waals surface area contributed by atoms with E-state index in [-0.39, 0.29) is 17.2 Å². The third-order valence-electron chi connectivity index (χ3n) is 3.69. The smallest absolute Gasteiger partial charge is 0.249 e. The maximum Gasteiger partial charge on any atom is 0.282 e. The van der Waals surface area contributed by atoms with Gasteiger partial charge in [-0.25, -0.2) is 18.1 Å². The van der Waals surface area contributed by atoms with E-state index < -0.39 is 10.0 Å². The minimum Gasteiger partial charge on any atom is -0.249 e. The zero-order valence-corrected chi connectivity index (χ0v) is 13.6. The molecule has 0 unspecified atom stereocenters. The van der Waals surface area contributed by atoms with Crippen LogP contribution in [-0.2, 0) is 16.6 Å². The van der Waals surface area contributed by atoms with Crippen molar-refractivity contribution in [1.82, 2.24) is 19.1 Å². The molecule has 0 spiro atoms. The number of nitrogens with zero attached hydrogens (tertiary/aromatic N) is 4. The Kier molecular flexibility index (Phi) is 4.01. The highest BCUT2D eigenvalue weighted by atomic mass is 32.2. The fourth-order valence-corrected chi connectivity index (χ4v) is 3.78. The standard InChI is InChI=1S/C15H20N4O2S/c1-12(2)18-11-16-15(17-18)22(20,21)19(14-8-9-14)10-13-6-4-3-5-7-13/h3-7,11-12,14H,8-10H2,1-2H3. The highest BCUT2D eigenvalue weighted by Crippen LogP contribution is 2.32. The SMILES string of the molecule is CC(C)n1cnc(S(=O)(=O)N(Cc2ccccc2)C2CC2)n1. The first-order chi connectivity index (χ1) is 10.5. The van der Waals surface area contributed by atoms with E-state index in [1.165, 1.54) is 10.6 Å². The highest BCUT2D eigenvalue weighted by molar-refractivity contribution is 7.88. The largest absolute Gasteiger partial charge is 0.282 e. The van der Waals surface area contributed by atoms with Gasteiger partial charge < -0.3 is 0 Å². The van der Waals surface area contributed by atoms with E-state index in [9.17, 15) is 8.42 Å². The van der Waals surface area contributed by atoms with Crippen molar-refractivity contribution in [3.63, 3.8) is 0 Å². The van der Waals surface area contributed by atoms with Gasteiger partial charge in [0.05, 0.1) is 0 Å². The Labute approximate surface area is 130 Å². The molecule has 0 radical (unpaired) electrons. The molecule has 7 heteroatoms. The molecule has 22 heavy (non-hydrogen) atoms. The third kappa shape index (κ3) is 3.05. The summed E-state index contributed by atoms with van der Waals surface area (Å²) in [7, 11) is -3.66. The van der Waals surface area contributed by atoms with Crippen LogP contribution in [0.5, 0.6) is 0 Å². The minimum atomic E-state index is -3.66. The maximum atomic E-state index is 12.8. The van der Waals surface area contributed by atoms with Gasteiger partial charge in [-0.05, 0) is 32.3 Å². The molecule has 1 aromatic carbocycles. The van der Waals surface area contributed by atoms with Crippen LogP contribution in [0, 0.1) is 0 Å². The van der Waals surface area contributed by atoms with Crippen molar-refractivity contribution < 1.29 is 8.42 Å². The molecule has 1 fully saturated rings. The minimum absolute atomic E-state index is 0.0659.